The quantitative estimate of drug-likeness (QED) is 0.711. The Balaban J connectivity index is 2.33. The number of anilines is 2. The fourth-order valence-corrected chi connectivity index (χ4v) is 2.63. The van der Waals surface area contributed by atoms with Gasteiger partial charge in [0.05, 0.1) is 16.7 Å². The summed E-state index contributed by atoms with van der Waals surface area (Å²) in [7, 11) is 0. The van der Waals surface area contributed by atoms with E-state index in [-0.39, 0.29) is 11.8 Å². The number of carbonyl (C=O) groups excluding carboxylic acids is 2. The Kier molecular flexibility index (Phi) is 4.06. The van der Waals surface area contributed by atoms with Crippen molar-refractivity contribution in [3.05, 3.63) is 23.8 Å². The zero-order chi connectivity index (χ0) is 15.6. The number of nitrogens with zero attached hydrogens (tertiary/aromatic N) is 1. The van der Waals surface area contributed by atoms with Crippen LogP contribution in [0.15, 0.2) is 18.2 Å². The lowest BCUT2D eigenvalue weighted by Crippen LogP contribution is -2.37. The smallest absolute Gasteiger partial charge is 0.253 e. The van der Waals surface area contributed by atoms with Crippen LogP contribution in [0, 0.1) is 5.41 Å². The molecule has 6 nitrogen and oxygen atoms in total. The summed E-state index contributed by atoms with van der Waals surface area (Å²) in [6.45, 7) is 5.46. The summed E-state index contributed by atoms with van der Waals surface area (Å²) in [6, 6.07) is 5.20. The third kappa shape index (κ3) is 2.94. The SMILES string of the molecule is CCNC(=O)c1ccc(N)cc1N1CCC(C)(C(N)=O)C1. The maximum atomic E-state index is 12.2. The molecule has 0 spiro atoms. The van der Waals surface area contributed by atoms with Crippen molar-refractivity contribution >= 4 is 23.2 Å². The molecule has 0 radical (unpaired) electrons. The number of primary amides is 1. The van der Waals surface area contributed by atoms with Crippen LogP contribution in [-0.4, -0.2) is 31.4 Å². The molecule has 5 N–H and O–H groups in total. The van der Waals surface area contributed by atoms with Crippen LogP contribution in [0.4, 0.5) is 11.4 Å². The summed E-state index contributed by atoms with van der Waals surface area (Å²) < 4.78 is 0. The van der Waals surface area contributed by atoms with E-state index in [1.807, 2.05) is 18.7 Å². The molecular weight excluding hydrogens is 268 g/mol. The van der Waals surface area contributed by atoms with Crippen LogP contribution in [0.25, 0.3) is 0 Å². The number of rotatable bonds is 4. The molecule has 114 valence electrons. The van der Waals surface area contributed by atoms with Gasteiger partial charge in [0.1, 0.15) is 0 Å². The molecule has 6 heteroatoms. The number of nitrogens with one attached hydrogen (secondary N) is 1. The molecule has 1 aliphatic heterocycles. The Morgan fingerprint density at radius 3 is 2.71 bits per heavy atom. The molecule has 1 atom stereocenters. The minimum Gasteiger partial charge on any atom is -0.399 e. The molecule has 0 aromatic heterocycles. The van der Waals surface area contributed by atoms with E-state index in [1.54, 1.807) is 18.2 Å². The van der Waals surface area contributed by atoms with Crippen LogP contribution in [0.2, 0.25) is 0 Å². The van der Waals surface area contributed by atoms with E-state index in [0.717, 1.165) is 5.69 Å². The minimum absolute atomic E-state index is 0.139. The first-order valence-corrected chi connectivity index (χ1v) is 7.10. The summed E-state index contributed by atoms with van der Waals surface area (Å²) >= 11 is 0. The van der Waals surface area contributed by atoms with Crippen molar-refractivity contribution in [3.8, 4) is 0 Å². The van der Waals surface area contributed by atoms with E-state index in [4.69, 9.17) is 11.5 Å². The van der Waals surface area contributed by atoms with Crippen molar-refractivity contribution < 1.29 is 9.59 Å². The molecule has 21 heavy (non-hydrogen) atoms. The van der Waals surface area contributed by atoms with Crippen molar-refractivity contribution in [3.63, 3.8) is 0 Å². The van der Waals surface area contributed by atoms with Crippen molar-refractivity contribution in [1.29, 1.82) is 0 Å². The van der Waals surface area contributed by atoms with Crippen LogP contribution in [0.3, 0.4) is 0 Å². The van der Waals surface area contributed by atoms with Gasteiger partial charge in [0, 0.05) is 25.3 Å². The number of hydrogen-bond donors (Lipinski definition) is 3. The zero-order valence-corrected chi connectivity index (χ0v) is 12.5. The summed E-state index contributed by atoms with van der Waals surface area (Å²) in [5, 5.41) is 2.79. The highest BCUT2D eigenvalue weighted by molar-refractivity contribution is 6.00. The molecule has 1 saturated heterocycles. The van der Waals surface area contributed by atoms with Gasteiger partial charge in [0.25, 0.3) is 5.91 Å². The maximum absolute atomic E-state index is 12.2. The Morgan fingerprint density at radius 2 is 2.14 bits per heavy atom. The van der Waals surface area contributed by atoms with Crippen molar-refractivity contribution in [2.75, 3.05) is 30.3 Å². The van der Waals surface area contributed by atoms with Crippen LogP contribution >= 0.6 is 0 Å². The summed E-state index contributed by atoms with van der Waals surface area (Å²) in [4.78, 5) is 25.7. The fraction of sp³-hybridized carbons (Fsp3) is 0.467. The number of nitrogens with two attached hydrogens (primary N) is 2. The number of nitrogen functional groups attached to an aromatic ring is 1. The molecule has 1 unspecified atom stereocenters. The standard InChI is InChI=1S/C15H22N4O2/c1-3-18-13(20)11-5-4-10(16)8-12(11)19-7-6-15(2,9-19)14(17)21/h4-5,8H,3,6-7,9,16H2,1-2H3,(H2,17,21)(H,18,20). The normalized spacial score (nSPS) is 21.3. The maximum Gasteiger partial charge on any atom is 0.253 e. The molecule has 0 aliphatic carbocycles. The number of amides is 2. The van der Waals surface area contributed by atoms with Gasteiger partial charge < -0.3 is 21.7 Å². The van der Waals surface area contributed by atoms with Crippen LogP contribution < -0.4 is 21.7 Å². The monoisotopic (exact) mass is 290 g/mol. The summed E-state index contributed by atoms with van der Waals surface area (Å²) in [6.07, 6.45) is 0.673. The van der Waals surface area contributed by atoms with Crippen LogP contribution in [0.5, 0.6) is 0 Å². The van der Waals surface area contributed by atoms with Crippen molar-refractivity contribution in [1.82, 2.24) is 5.32 Å². The summed E-state index contributed by atoms with van der Waals surface area (Å²) in [5.41, 5.74) is 12.7. The van der Waals surface area contributed by atoms with E-state index in [0.29, 0.717) is 37.3 Å². The Labute approximate surface area is 124 Å². The van der Waals surface area contributed by atoms with Gasteiger partial charge in [-0.1, -0.05) is 0 Å². The van der Waals surface area contributed by atoms with Crippen molar-refractivity contribution in [2.45, 2.75) is 20.3 Å². The van der Waals surface area contributed by atoms with E-state index < -0.39 is 5.41 Å². The number of hydrogen-bond acceptors (Lipinski definition) is 4. The molecule has 1 aromatic rings. The van der Waals surface area contributed by atoms with Gasteiger partial charge in [-0.2, -0.15) is 0 Å². The lowest BCUT2D eigenvalue weighted by Gasteiger charge is -2.24. The second kappa shape index (κ2) is 5.63. The highest BCUT2D eigenvalue weighted by Crippen LogP contribution is 2.35. The molecular formula is C15H22N4O2. The van der Waals surface area contributed by atoms with E-state index in [2.05, 4.69) is 5.32 Å². The van der Waals surface area contributed by atoms with Gasteiger partial charge in [-0.3, -0.25) is 9.59 Å². The van der Waals surface area contributed by atoms with E-state index in [9.17, 15) is 9.59 Å². The number of carbonyl (C=O) groups is 2. The third-order valence-electron chi connectivity index (χ3n) is 4.01. The predicted octanol–water partition coefficient (Wildman–Crippen LogP) is 0.720. The fourth-order valence-electron chi connectivity index (χ4n) is 2.63. The minimum atomic E-state index is -0.566. The molecule has 1 aromatic carbocycles. The van der Waals surface area contributed by atoms with Crippen molar-refractivity contribution in [2.24, 2.45) is 11.1 Å². The Morgan fingerprint density at radius 1 is 1.43 bits per heavy atom. The van der Waals surface area contributed by atoms with Gasteiger partial charge in [-0.05, 0) is 38.5 Å². The second-order valence-corrected chi connectivity index (χ2v) is 5.73. The van der Waals surface area contributed by atoms with Gasteiger partial charge in [0.2, 0.25) is 5.91 Å². The molecule has 1 aliphatic rings. The Hall–Kier alpha value is -2.24. The van der Waals surface area contributed by atoms with Gasteiger partial charge in [-0.15, -0.1) is 0 Å². The lowest BCUT2D eigenvalue weighted by atomic mass is 9.89. The first-order valence-electron chi connectivity index (χ1n) is 7.10. The topological polar surface area (TPSA) is 101 Å². The number of benzene rings is 1. The molecule has 0 saturated carbocycles. The largest absolute Gasteiger partial charge is 0.399 e. The third-order valence-corrected chi connectivity index (χ3v) is 4.01. The zero-order valence-electron chi connectivity index (χ0n) is 12.5. The van der Waals surface area contributed by atoms with E-state index >= 15 is 0 Å². The summed E-state index contributed by atoms with van der Waals surface area (Å²) in [5.74, 6) is -0.450. The average molecular weight is 290 g/mol. The molecule has 1 heterocycles. The van der Waals surface area contributed by atoms with Gasteiger partial charge in [0.15, 0.2) is 0 Å². The molecule has 2 rings (SSSR count). The second-order valence-electron chi connectivity index (χ2n) is 5.73. The van der Waals surface area contributed by atoms with Gasteiger partial charge in [-0.25, -0.2) is 0 Å². The Bertz CT molecular complexity index is 573. The molecule has 0 bridgehead atoms. The van der Waals surface area contributed by atoms with Gasteiger partial charge >= 0.3 is 0 Å². The van der Waals surface area contributed by atoms with E-state index in [1.165, 1.54) is 0 Å². The lowest BCUT2D eigenvalue weighted by molar-refractivity contribution is -0.125. The predicted molar refractivity (Wildman–Crippen MR) is 83.0 cm³/mol. The van der Waals surface area contributed by atoms with Crippen LogP contribution in [-0.2, 0) is 4.79 Å². The first-order chi connectivity index (χ1) is 9.87. The highest BCUT2D eigenvalue weighted by atomic mass is 16.2. The highest BCUT2D eigenvalue weighted by Gasteiger charge is 2.39. The molecule has 1 fully saturated rings. The molecule has 2 amide bonds. The van der Waals surface area contributed by atoms with Crippen LogP contribution in [0.1, 0.15) is 30.6 Å². The first kappa shape index (κ1) is 15.2. The average Bonchev–Trinajstić information content (AvgIpc) is 2.83.